The number of hydrazone groups is 1. The van der Waals surface area contributed by atoms with E-state index in [1.54, 1.807) is 12.1 Å². The molecule has 130 valence electrons. The summed E-state index contributed by atoms with van der Waals surface area (Å²) < 4.78 is 4.97. The number of hydrogen-bond acceptors (Lipinski definition) is 5. The zero-order valence-corrected chi connectivity index (χ0v) is 13.7. The molecule has 0 unspecified atom stereocenters. The molecule has 2 rings (SSSR count). The molecule has 0 aliphatic heterocycles. The van der Waals surface area contributed by atoms with Gasteiger partial charge in [0.2, 0.25) is 0 Å². The second-order valence-corrected chi connectivity index (χ2v) is 5.12. The fourth-order valence-corrected chi connectivity index (χ4v) is 2.04. The Kier molecular flexibility index (Phi) is 6.53. The number of carbonyl (C=O) groups excluding carboxylic acids is 2. The third-order valence-corrected chi connectivity index (χ3v) is 3.33. The monoisotopic (exact) mass is 341 g/mol. The molecule has 0 aliphatic carbocycles. The molecule has 0 aromatic heterocycles. The highest BCUT2D eigenvalue weighted by atomic mass is 16.5. The Labute approximate surface area is 145 Å². The Balaban J connectivity index is 1.78. The van der Waals surface area contributed by atoms with Gasteiger partial charge < -0.3 is 15.2 Å². The molecule has 2 aromatic rings. The van der Waals surface area contributed by atoms with Crippen LogP contribution in [0.2, 0.25) is 0 Å². The van der Waals surface area contributed by atoms with E-state index in [0.29, 0.717) is 18.5 Å². The number of nitrogens with one attached hydrogen (secondary N) is 2. The van der Waals surface area contributed by atoms with Crippen LogP contribution in [-0.2, 0) is 16.0 Å². The van der Waals surface area contributed by atoms with Crippen LogP contribution in [0.4, 0.5) is 0 Å². The van der Waals surface area contributed by atoms with Gasteiger partial charge in [-0.15, -0.1) is 0 Å². The number of carbonyl (C=O) groups is 2. The zero-order valence-electron chi connectivity index (χ0n) is 13.7. The molecule has 0 spiro atoms. The lowest BCUT2D eigenvalue weighted by molar-refractivity contribution is -0.139. The van der Waals surface area contributed by atoms with Gasteiger partial charge in [-0.1, -0.05) is 30.3 Å². The first-order chi connectivity index (χ1) is 12.1. The van der Waals surface area contributed by atoms with Crippen molar-refractivity contribution in [2.24, 2.45) is 5.10 Å². The van der Waals surface area contributed by atoms with Gasteiger partial charge in [-0.2, -0.15) is 5.10 Å². The van der Waals surface area contributed by atoms with Gasteiger partial charge in [0, 0.05) is 6.54 Å². The zero-order chi connectivity index (χ0) is 18.1. The van der Waals surface area contributed by atoms with Gasteiger partial charge in [0.15, 0.2) is 11.5 Å². The van der Waals surface area contributed by atoms with Crippen molar-refractivity contribution < 1.29 is 19.4 Å². The van der Waals surface area contributed by atoms with Gasteiger partial charge in [0.25, 0.3) is 0 Å². The number of hydrogen-bond donors (Lipinski definition) is 3. The van der Waals surface area contributed by atoms with Crippen molar-refractivity contribution in [2.75, 3.05) is 13.7 Å². The van der Waals surface area contributed by atoms with E-state index in [0.717, 1.165) is 5.56 Å². The van der Waals surface area contributed by atoms with E-state index in [1.165, 1.54) is 19.4 Å². The van der Waals surface area contributed by atoms with Crippen LogP contribution < -0.4 is 15.5 Å². The third-order valence-electron chi connectivity index (χ3n) is 3.33. The number of methoxy groups -OCH3 is 1. The van der Waals surface area contributed by atoms with E-state index in [9.17, 15) is 14.7 Å². The Morgan fingerprint density at radius 2 is 1.92 bits per heavy atom. The van der Waals surface area contributed by atoms with Gasteiger partial charge in [-0.25, -0.2) is 5.43 Å². The highest BCUT2D eigenvalue weighted by Gasteiger charge is 2.11. The van der Waals surface area contributed by atoms with Crippen LogP contribution in [0, 0.1) is 0 Å². The molecule has 3 N–H and O–H groups in total. The molecule has 2 aromatic carbocycles. The van der Waals surface area contributed by atoms with Crippen molar-refractivity contribution in [3.05, 3.63) is 59.7 Å². The summed E-state index contributed by atoms with van der Waals surface area (Å²) in [5, 5.41) is 15.7. The van der Waals surface area contributed by atoms with Crippen molar-refractivity contribution in [1.29, 1.82) is 0 Å². The van der Waals surface area contributed by atoms with Crippen LogP contribution in [0.5, 0.6) is 11.5 Å². The molecule has 0 bridgehead atoms. The second-order valence-electron chi connectivity index (χ2n) is 5.12. The third kappa shape index (κ3) is 5.65. The molecule has 0 radical (unpaired) electrons. The predicted octanol–water partition coefficient (Wildman–Crippen LogP) is 1.21. The Bertz CT molecular complexity index is 760. The molecular formula is C18H19N3O4. The average molecular weight is 341 g/mol. The summed E-state index contributed by atoms with van der Waals surface area (Å²) >= 11 is 0. The summed E-state index contributed by atoms with van der Waals surface area (Å²) in [4.78, 5) is 23.3. The van der Waals surface area contributed by atoms with Crippen molar-refractivity contribution >= 4 is 18.0 Å². The highest BCUT2D eigenvalue weighted by Crippen LogP contribution is 2.25. The molecule has 0 saturated carbocycles. The Hall–Kier alpha value is -3.35. The first-order valence-electron chi connectivity index (χ1n) is 7.62. The molecule has 0 heterocycles. The normalized spacial score (nSPS) is 10.4. The summed E-state index contributed by atoms with van der Waals surface area (Å²) in [5.74, 6) is -1.32. The van der Waals surface area contributed by atoms with Gasteiger partial charge in [0.1, 0.15) is 0 Å². The first kappa shape index (κ1) is 18.0. The molecular weight excluding hydrogens is 322 g/mol. The van der Waals surface area contributed by atoms with E-state index in [2.05, 4.69) is 15.8 Å². The first-order valence-corrected chi connectivity index (χ1v) is 7.62. The van der Waals surface area contributed by atoms with Crippen LogP contribution in [0.3, 0.4) is 0 Å². The Morgan fingerprint density at radius 1 is 1.16 bits per heavy atom. The van der Waals surface area contributed by atoms with Gasteiger partial charge >= 0.3 is 11.8 Å². The predicted molar refractivity (Wildman–Crippen MR) is 93.6 cm³/mol. The summed E-state index contributed by atoms with van der Waals surface area (Å²) in [5.41, 5.74) is 3.82. The maximum atomic E-state index is 11.7. The minimum Gasteiger partial charge on any atom is -0.504 e. The Morgan fingerprint density at radius 3 is 2.64 bits per heavy atom. The lowest BCUT2D eigenvalue weighted by Crippen LogP contribution is -2.38. The van der Waals surface area contributed by atoms with Crippen LogP contribution in [-0.4, -0.2) is 36.8 Å². The lowest BCUT2D eigenvalue weighted by Gasteiger charge is -2.04. The number of rotatable bonds is 6. The van der Waals surface area contributed by atoms with Gasteiger partial charge in [-0.3, -0.25) is 9.59 Å². The summed E-state index contributed by atoms with van der Waals surface area (Å²) in [7, 11) is 1.43. The van der Waals surface area contributed by atoms with Crippen LogP contribution in [0.1, 0.15) is 11.1 Å². The fraction of sp³-hybridized carbons (Fsp3) is 0.167. The number of nitrogens with zero attached hydrogens (tertiary/aromatic N) is 1. The summed E-state index contributed by atoms with van der Waals surface area (Å²) in [6.07, 6.45) is 1.98. The minimum atomic E-state index is -0.852. The van der Waals surface area contributed by atoms with E-state index in [1.807, 2.05) is 30.3 Å². The standard InChI is InChI=1S/C18H19N3O4/c1-25-16-11-14(7-8-15(16)22)12-20-21-18(24)17(23)19-10-9-13-5-3-2-4-6-13/h2-8,11-12,22H,9-10H2,1H3,(H,19,23)(H,21,24)/b20-12+. The average Bonchev–Trinajstić information content (AvgIpc) is 2.63. The molecule has 0 saturated heterocycles. The van der Waals surface area contributed by atoms with Crippen molar-refractivity contribution in [3.8, 4) is 11.5 Å². The quantitative estimate of drug-likeness (QED) is 0.418. The molecule has 0 aliphatic rings. The molecule has 25 heavy (non-hydrogen) atoms. The highest BCUT2D eigenvalue weighted by molar-refractivity contribution is 6.35. The number of phenols is 1. The number of aromatic hydroxyl groups is 1. The minimum absolute atomic E-state index is 0.00137. The summed E-state index contributed by atoms with van der Waals surface area (Å²) in [6, 6.07) is 14.2. The molecule has 0 atom stereocenters. The van der Waals surface area contributed by atoms with Crippen molar-refractivity contribution in [1.82, 2.24) is 10.7 Å². The second kappa shape index (κ2) is 9.07. The van der Waals surface area contributed by atoms with E-state index in [4.69, 9.17) is 4.74 Å². The van der Waals surface area contributed by atoms with Crippen LogP contribution >= 0.6 is 0 Å². The topological polar surface area (TPSA) is 100 Å². The van der Waals surface area contributed by atoms with Gasteiger partial charge in [0.05, 0.1) is 13.3 Å². The number of amides is 2. The number of benzene rings is 2. The summed E-state index contributed by atoms with van der Waals surface area (Å²) in [6.45, 7) is 0.356. The number of phenolic OH excluding ortho intramolecular Hbond substituents is 1. The smallest absolute Gasteiger partial charge is 0.329 e. The molecule has 0 fully saturated rings. The maximum Gasteiger partial charge on any atom is 0.329 e. The molecule has 2 amide bonds. The van der Waals surface area contributed by atoms with Crippen LogP contribution in [0.25, 0.3) is 0 Å². The largest absolute Gasteiger partial charge is 0.504 e. The molecule has 7 nitrogen and oxygen atoms in total. The van der Waals surface area contributed by atoms with Crippen molar-refractivity contribution in [3.63, 3.8) is 0 Å². The molecule has 7 heteroatoms. The van der Waals surface area contributed by atoms with Crippen LogP contribution in [0.15, 0.2) is 53.6 Å². The maximum absolute atomic E-state index is 11.7. The SMILES string of the molecule is COc1cc(/C=N/NC(=O)C(=O)NCCc2ccccc2)ccc1O. The fourth-order valence-electron chi connectivity index (χ4n) is 2.04. The number of ether oxygens (including phenoxy) is 1. The van der Waals surface area contributed by atoms with Crippen molar-refractivity contribution in [2.45, 2.75) is 6.42 Å². The van der Waals surface area contributed by atoms with E-state index < -0.39 is 11.8 Å². The van der Waals surface area contributed by atoms with E-state index in [-0.39, 0.29) is 11.5 Å². The van der Waals surface area contributed by atoms with Gasteiger partial charge in [-0.05, 0) is 35.7 Å². The lowest BCUT2D eigenvalue weighted by atomic mass is 10.1. The van der Waals surface area contributed by atoms with E-state index >= 15 is 0 Å².